The molecule has 0 amide bonds. The molecule has 28 heavy (non-hydrogen) atoms. The fraction of sp³-hybridized carbons (Fsp3) is 0.474. The number of fused-ring (bicyclic) bond motifs is 1. The van der Waals surface area contributed by atoms with Gasteiger partial charge >= 0.3 is 0 Å². The summed E-state index contributed by atoms with van der Waals surface area (Å²) in [7, 11) is 0. The molecule has 7 nitrogen and oxygen atoms in total. The van der Waals surface area contributed by atoms with Gasteiger partial charge in [0, 0.05) is 42.9 Å². The Morgan fingerprint density at radius 3 is 3.00 bits per heavy atom. The van der Waals surface area contributed by atoms with Crippen LogP contribution in [-0.4, -0.2) is 36.0 Å². The normalized spacial score (nSPS) is 19.0. The number of hydrogen-bond donors (Lipinski definition) is 1. The van der Waals surface area contributed by atoms with Crippen molar-refractivity contribution < 1.29 is 13.6 Å². The van der Waals surface area contributed by atoms with E-state index in [4.69, 9.17) is 0 Å². The number of Topliss-reactive ketones (excluding diaryl/α,β-unsaturated/α-hetero) is 1. The van der Waals surface area contributed by atoms with E-state index in [2.05, 4.69) is 20.4 Å². The minimum atomic E-state index is -2.63. The molecule has 0 spiro atoms. The van der Waals surface area contributed by atoms with Crippen LogP contribution in [0, 0.1) is 5.92 Å². The average molecular weight is 388 g/mol. The Morgan fingerprint density at radius 1 is 1.36 bits per heavy atom. The predicted molar refractivity (Wildman–Crippen MR) is 101 cm³/mol. The monoisotopic (exact) mass is 388 g/mol. The van der Waals surface area contributed by atoms with E-state index in [9.17, 15) is 13.6 Å². The van der Waals surface area contributed by atoms with Gasteiger partial charge in [-0.05, 0) is 25.8 Å². The second-order valence-electron chi connectivity index (χ2n) is 7.40. The smallest absolute Gasteiger partial charge is 0.252 e. The lowest BCUT2D eigenvalue weighted by Gasteiger charge is -2.31. The van der Waals surface area contributed by atoms with E-state index < -0.39 is 11.8 Å². The molecule has 4 rings (SSSR count). The Morgan fingerprint density at radius 2 is 2.21 bits per heavy atom. The molecule has 1 saturated carbocycles. The molecule has 0 aliphatic heterocycles. The molecule has 1 atom stereocenters. The van der Waals surface area contributed by atoms with E-state index in [1.807, 2.05) is 6.07 Å². The molecular weight excluding hydrogens is 366 g/mol. The van der Waals surface area contributed by atoms with Crippen molar-refractivity contribution in [2.24, 2.45) is 5.92 Å². The molecule has 1 aliphatic carbocycles. The summed E-state index contributed by atoms with van der Waals surface area (Å²) in [5, 5.41) is 7.96. The van der Waals surface area contributed by atoms with Gasteiger partial charge in [-0.3, -0.25) is 9.48 Å². The number of nitrogens with zero attached hydrogens (tertiary/aromatic N) is 5. The molecular formula is C19H22F2N6O. The summed E-state index contributed by atoms with van der Waals surface area (Å²) in [4.78, 5) is 20.0. The zero-order chi connectivity index (χ0) is 19.7. The minimum Gasteiger partial charge on any atom is -0.332 e. The molecule has 0 saturated heterocycles. The summed E-state index contributed by atoms with van der Waals surface area (Å²) in [6, 6.07) is 1.84. The zero-order valence-corrected chi connectivity index (χ0v) is 15.6. The lowest BCUT2D eigenvalue weighted by Crippen LogP contribution is -2.34. The van der Waals surface area contributed by atoms with Gasteiger partial charge in [0.15, 0.2) is 5.78 Å². The highest BCUT2D eigenvalue weighted by Gasteiger charge is 2.41. The van der Waals surface area contributed by atoms with Crippen LogP contribution in [0.4, 0.5) is 20.4 Å². The van der Waals surface area contributed by atoms with Gasteiger partial charge in [-0.2, -0.15) is 10.1 Å². The van der Waals surface area contributed by atoms with Gasteiger partial charge in [0.05, 0.1) is 18.4 Å². The number of hydrogen-bond acceptors (Lipinski definition) is 5. The van der Waals surface area contributed by atoms with E-state index in [0.717, 1.165) is 11.8 Å². The van der Waals surface area contributed by atoms with Crippen LogP contribution in [0.3, 0.4) is 0 Å². The quantitative estimate of drug-likeness (QED) is 0.695. The molecule has 0 radical (unpaired) electrons. The molecule has 1 unspecified atom stereocenters. The van der Waals surface area contributed by atoms with Crippen molar-refractivity contribution in [3.63, 3.8) is 0 Å². The topological polar surface area (TPSA) is 77.6 Å². The second-order valence-corrected chi connectivity index (χ2v) is 7.40. The maximum Gasteiger partial charge on any atom is 0.252 e. The number of carbonyl (C=O) groups excluding carboxylic acids is 1. The van der Waals surface area contributed by atoms with Crippen molar-refractivity contribution in [3.8, 4) is 0 Å². The third-order valence-corrected chi connectivity index (χ3v) is 5.10. The van der Waals surface area contributed by atoms with Crippen molar-refractivity contribution in [3.05, 3.63) is 30.9 Å². The number of ketones is 1. The fourth-order valence-electron chi connectivity index (χ4n) is 3.68. The van der Waals surface area contributed by atoms with Crippen molar-refractivity contribution in [2.75, 3.05) is 5.32 Å². The Bertz CT molecular complexity index is 995. The number of nitrogens with one attached hydrogen (secondary N) is 1. The lowest BCUT2D eigenvalue weighted by atomic mass is 9.85. The van der Waals surface area contributed by atoms with Crippen LogP contribution in [0.25, 0.3) is 11.0 Å². The highest BCUT2D eigenvalue weighted by atomic mass is 19.3. The predicted octanol–water partition coefficient (Wildman–Crippen LogP) is 3.79. The fourth-order valence-corrected chi connectivity index (χ4v) is 3.68. The highest BCUT2D eigenvalue weighted by molar-refractivity contribution is 5.77. The van der Waals surface area contributed by atoms with Gasteiger partial charge in [-0.1, -0.05) is 6.42 Å². The lowest BCUT2D eigenvalue weighted by molar-refractivity contribution is -0.117. The zero-order valence-electron chi connectivity index (χ0n) is 15.6. The Kier molecular flexibility index (Phi) is 4.82. The number of anilines is 2. The molecule has 0 aromatic carbocycles. The molecule has 1 aliphatic rings. The van der Waals surface area contributed by atoms with Crippen molar-refractivity contribution in [1.29, 1.82) is 0 Å². The summed E-state index contributed by atoms with van der Waals surface area (Å²) < 4.78 is 31.8. The Hall–Kier alpha value is -2.84. The van der Waals surface area contributed by atoms with Crippen LogP contribution in [0.2, 0.25) is 0 Å². The molecule has 1 N–H and O–H groups in total. The minimum absolute atomic E-state index is 0.00432. The Labute approximate surface area is 160 Å². The van der Waals surface area contributed by atoms with E-state index >= 15 is 0 Å². The first-order valence-electron chi connectivity index (χ1n) is 9.39. The van der Waals surface area contributed by atoms with Gasteiger partial charge in [-0.15, -0.1) is 0 Å². The highest BCUT2D eigenvalue weighted by Crippen LogP contribution is 2.39. The number of carbonyl (C=O) groups is 1. The summed E-state index contributed by atoms with van der Waals surface area (Å²) in [5.74, 6) is -2.95. The standard InChI is InChI=1S/C19H22F2N6O/c1-13(28)10-27-12-16(9-23-27)24-18-22-8-14-5-7-26(17(14)25-18)11-15-4-2-3-6-19(15,20)21/h5,7-9,12,15H,2-4,6,10-11H2,1H3,(H,22,24,25). The molecule has 148 valence electrons. The molecule has 1 fully saturated rings. The number of aromatic nitrogens is 5. The van der Waals surface area contributed by atoms with E-state index in [-0.39, 0.29) is 25.3 Å². The molecule has 3 heterocycles. The van der Waals surface area contributed by atoms with Crippen molar-refractivity contribution >= 4 is 28.5 Å². The van der Waals surface area contributed by atoms with Crippen LogP contribution in [-0.2, 0) is 17.9 Å². The average Bonchev–Trinajstić information content (AvgIpc) is 3.23. The first kappa shape index (κ1) is 18.5. The van der Waals surface area contributed by atoms with Gasteiger partial charge in [0.1, 0.15) is 5.65 Å². The van der Waals surface area contributed by atoms with E-state index in [1.165, 1.54) is 11.6 Å². The molecule has 3 aromatic rings. The van der Waals surface area contributed by atoms with Gasteiger partial charge in [0.2, 0.25) is 5.95 Å². The molecule has 0 bridgehead atoms. The van der Waals surface area contributed by atoms with Crippen LogP contribution in [0.5, 0.6) is 0 Å². The van der Waals surface area contributed by atoms with Crippen LogP contribution in [0.15, 0.2) is 30.9 Å². The van der Waals surface area contributed by atoms with Crippen molar-refractivity contribution in [2.45, 2.75) is 51.6 Å². The first-order chi connectivity index (χ1) is 13.4. The summed E-state index contributed by atoms with van der Waals surface area (Å²) in [6.45, 7) is 1.93. The summed E-state index contributed by atoms with van der Waals surface area (Å²) >= 11 is 0. The summed E-state index contributed by atoms with van der Waals surface area (Å²) in [5.41, 5.74) is 1.27. The van der Waals surface area contributed by atoms with Gasteiger partial charge in [0.25, 0.3) is 5.92 Å². The maximum atomic E-state index is 14.2. The first-order valence-corrected chi connectivity index (χ1v) is 9.39. The number of halogens is 2. The SMILES string of the molecule is CC(=O)Cn1cc(Nc2ncc3ccn(CC4CCCCC4(F)F)c3n2)cn1. The molecule has 9 heteroatoms. The molecule has 3 aromatic heterocycles. The van der Waals surface area contributed by atoms with Gasteiger partial charge < -0.3 is 9.88 Å². The summed E-state index contributed by atoms with van der Waals surface area (Å²) in [6.07, 6.45) is 8.64. The third kappa shape index (κ3) is 3.88. The van der Waals surface area contributed by atoms with E-state index in [0.29, 0.717) is 30.1 Å². The van der Waals surface area contributed by atoms with Crippen LogP contribution < -0.4 is 5.32 Å². The second kappa shape index (κ2) is 7.29. The van der Waals surface area contributed by atoms with Crippen molar-refractivity contribution in [1.82, 2.24) is 24.3 Å². The maximum absolute atomic E-state index is 14.2. The van der Waals surface area contributed by atoms with E-state index in [1.54, 1.807) is 29.4 Å². The Balaban J connectivity index is 1.54. The van der Waals surface area contributed by atoms with Crippen LogP contribution in [0.1, 0.15) is 32.6 Å². The number of alkyl halides is 2. The van der Waals surface area contributed by atoms with Crippen LogP contribution >= 0.6 is 0 Å². The van der Waals surface area contributed by atoms with Gasteiger partial charge in [-0.25, -0.2) is 13.8 Å². The third-order valence-electron chi connectivity index (χ3n) is 5.10. The largest absolute Gasteiger partial charge is 0.332 e. The number of rotatable bonds is 6.